The van der Waals surface area contributed by atoms with Gasteiger partial charge in [0.05, 0.1) is 63.7 Å². The largest absolute Gasteiger partial charge is 0.453 e. The topological polar surface area (TPSA) is 158 Å². The van der Waals surface area contributed by atoms with Crippen LogP contribution in [0.15, 0.2) is 103 Å². The average molecular weight is 841 g/mol. The van der Waals surface area contributed by atoms with E-state index in [0.29, 0.717) is 32.1 Å². The van der Waals surface area contributed by atoms with E-state index in [9.17, 15) is 14.4 Å². The van der Waals surface area contributed by atoms with Crippen LogP contribution in [-0.4, -0.2) is 111 Å². The number of nitrogens with zero attached hydrogens (tertiary/aromatic N) is 5. The van der Waals surface area contributed by atoms with Crippen LogP contribution in [0.5, 0.6) is 0 Å². The number of nitrogens with one attached hydrogen (secondary N) is 3. The normalized spacial score (nSPS) is 13.9. The lowest BCUT2D eigenvalue weighted by atomic mass is 9.98. The van der Waals surface area contributed by atoms with Gasteiger partial charge in [-0.25, -0.2) is 14.8 Å². The number of carbonyl (C=O) groups excluding carboxylic acids is 3. The number of fused-ring (bicyclic) bond motifs is 1. The van der Waals surface area contributed by atoms with E-state index in [2.05, 4.69) is 99.2 Å². The van der Waals surface area contributed by atoms with Crippen molar-refractivity contribution < 1.29 is 28.6 Å². The number of hydrogen-bond acceptors (Lipinski definition) is 9. The molecule has 0 bridgehead atoms. The Hall–Kier alpha value is -6.35. The van der Waals surface area contributed by atoms with E-state index in [4.69, 9.17) is 14.5 Å². The Labute approximate surface area is 362 Å². The van der Waals surface area contributed by atoms with Crippen LogP contribution in [0.2, 0.25) is 0 Å². The van der Waals surface area contributed by atoms with Crippen molar-refractivity contribution in [2.75, 3.05) is 53.0 Å². The smallest absolute Gasteiger partial charge is 0.407 e. The number of alkyl carbamates (subject to hydrolysis) is 1. The number of rotatable bonds is 18. The monoisotopic (exact) mass is 840 g/mol. The van der Waals surface area contributed by atoms with Crippen LogP contribution in [0, 0.1) is 0 Å². The zero-order valence-corrected chi connectivity index (χ0v) is 36.1. The maximum Gasteiger partial charge on any atom is 0.407 e. The van der Waals surface area contributed by atoms with Crippen molar-refractivity contribution in [2.24, 2.45) is 0 Å². The summed E-state index contributed by atoms with van der Waals surface area (Å²) in [5, 5.41) is 4.66. The molecule has 1 saturated heterocycles. The molecule has 0 radical (unpaired) electrons. The third-order valence-corrected chi connectivity index (χ3v) is 11.2. The molecule has 6 aromatic rings. The van der Waals surface area contributed by atoms with Crippen LogP contribution in [0.25, 0.3) is 44.4 Å². The van der Waals surface area contributed by atoms with Gasteiger partial charge in [-0.3, -0.25) is 14.5 Å². The van der Waals surface area contributed by atoms with Crippen LogP contribution in [0.3, 0.4) is 0 Å². The van der Waals surface area contributed by atoms with Gasteiger partial charge in [-0.1, -0.05) is 99.6 Å². The van der Waals surface area contributed by atoms with Crippen molar-refractivity contribution in [3.63, 3.8) is 0 Å². The third-order valence-electron chi connectivity index (χ3n) is 11.2. The van der Waals surface area contributed by atoms with Gasteiger partial charge in [0.1, 0.15) is 24.2 Å². The van der Waals surface area contributed by atoms with Crippen LogP contribution in [-0.2, 0) is 36.9 Å². The molecule has 1 atom stereocenters. The number of aromatic nitrogens is 4. The minimum absolute atomic E-state index is 0.0861. The predicted octanol–water partition coefficient (Wildman–Crippen LogP) is 7.56. The summed E-state index contributed by atoms with van der Waals surface area (Å²) < 4.78 is 16.1. The molecule has 3 amide bonds. The molecule has 324 valence electrons. The van der Waals surface area contributed by atoms with E-state index < -0.39 is 11.9 Å². The maximum absolute atomic E-state index is 14.2. The van der Waals surface area contributed by atoms with Crippen LogP contribution < -0.4 is 5.32 Å². The van der Waals surface area contributed by atoms with Gasteiger partial charge in [0.2, 0.25) is 11.8 Å². The first kappa shape index (κ1) is 43.7. The number of imidazole rings is 2. The lowest BCUT2D eigenvalue weighted by Crippen LogP contribution is -2.47. The number of likely N-dealkylation sites (N-methyl/N-ethyl adjacent to an activating group) is 1. The van der Waals surface area contributed by atoms with E-state index in [1.807, 2.05) is 53.6 Å². The number of benzene rings is 4. The summed E-state index contributed by atoms with van der Waals surface area (Å²) in [5.74, 6) is 0.124. The molecule has 1 aliphatic rings. The molecule has 4 aromatic carbocycles. The molecular weight excluding hydrogens is 785 g/mol. The Kier molecular flexibility index (Phi) is 14.1. The lowest BCUT2D eigenvalue weighted by Gasteiger charge is -2.33. The minimum atomic E-state index is -0.958. The molecule has 14 heteroatoms. The van der Waals surface area contributed by atoms with Gasteiger partial charge in [0.25, 0.3) is 0 Å². The number of amides is 3. The first-order valence-electron chi connectivity index (χ1n) is 21.3. The second-order valence-corrected chi connectivity index (χ2v) is 15.6. The molecule has 3 heterocycles. The minimum Gasteiger partial charge on any atom is -0.453 e. The van der Waals surface area contributed by atoms with Gasteiger partial charge >= 0.3 is 6.09 Å². The van der Waals surface area contributed by atoms with E-state index in [1.54, 1.807) is 18.0 Å². The van der Waals surface area contributed by atoms with Gasteiger partial charge in [-0.2, -0.15) is 0 Å². The molecule has 0 aliphatic carbocycles. The Morgan fingerprint density at radius 3 is 1.94 bits per heavy atom. The fourth-order valence-electron chi connectivity index (χ4n) is 7.98. The molecule has 0 saturated carbocycles. The van der Waals surface area contributed by atoms with Gasteiger partial charge in [0, 0.05) is 12.1 Å². The van der Waals surface area contributed by atoms with Crippen LogP contribution in [0.1, 0.15) is 57.4 Å². The zero-order valence-electron chi connectivity index (χ0n) is 36.1. The number of methoxy groups -OCH3 is 1. The fourth-order valence-corrected chi connectivity index (χ4v) is 7.98. The third kappa shape index (κ3) is 10.4. The maximum atomic E-state index is 14.2. The Balaban J connectivity index is 1.02. The highest BCUT2D eigenvalue weighted by atomic mass is 16.7. The van der Waals surface area contributed by atoms with Crippen LogP contribution >= 0.6 is 0 Å². The van der Waals surface area contributed by atoms with E-state index in [1.165, 1.54) is 7.11 Å². The standard InChI is InChI=1S/C48H56N8O6/c1-6-22-55(46(58)45(54(7-2)8-3)35-12-10-9-11-13-35)30-42-50-28-41(53-42)39-21-20-37-25-36(18-19-38(37)26-39)33-14-16-34(17-15-33)40-27-49-43(52-40)31-56(32-48(4)61-23-24-62-48)44(57)29-51-47(59)60-5/h9-21,25-28,45H,6-8,22-24,29-32H2,1-5H3,(H,49,52)(H,50,53)(H,51,59)/t45-/m1/s1. The molecule has 0 spiro atoms. The first-order chi connectivity index (χ1) is 30.1. The summed E-state index contributed by atoms with van der Waals surface area (Å²) in [6, 6.07) is 30.8. The van der Waals surface area contributed by atoms with Crippen molar-refractivity contribution >= 4 is 28.7 Å². The molecular formula is C48H56N8O6. The van der Waals surface area contributed by atoms with Crippen molar-refractivity contribution in [1.29, 1.82) is 0 Å². The van der Waals surface area contributed by atoms with Crippen molar-refractivity contribution in [3.8, 4) is 33.6 Å². The summed E-state index contributed by atoms with van der Waals surface area (Å²) in [6.07, 6.45) is 3.75. The van der Waals surface area contributed by atoms with Crippen molar-refractivity contribution in [2.45, 2.75) is 59.0 Å². The summed E-state index contributed by atoms with van der Waals surface area (Å²) in [5.41, 5.74) is 6.83. The highest BCUT2D eigenvalue weighted by molar-refractivity contribution is 5.91. The zero-order chi connectivity index (χ0) is 43.6. The Bertz CT molecular complexity index is 2440. The SMILES string of the molecule is CCCN(Cc1ncc(-c2ccc3cc(-c4ccc(-c5cnc(CN(CC6(C)OCCO6)C(=O)CNC(=O)OC)[nH]5)cc4)ccc3c2)[nH]1)C(=O)[C@@H](c1ccccc1)N(CC)CC. The van der Waals surface area contributed by atoms with Crippen molar-refractivity contribution in [1.82, 2.24) is 40.0 Å². The quantitative estimate of drug-likeness (QED) is 0.0795. The molecule has 1 aliphatic heterocycles. The number of H-pyrrole nitrogens is 2. The molecule has 2 aromatic heterocycles. The fraction of sp³-hybridized carbons (Fsp3) is 0.354. The highest BCUT2D eigenvalue weighted by Gasteiger charge is 2.35. The van der Waals surface area contributed by atoms with E-state index >= 15 is 0 Å². The predicted molar refractivity (Wildman–Crippen MR) is 238 cm³/mol. The summed E-state index contributed by atoms with van der Waals surface area (Å²) in [4.78, 5) is 60.8. The van der Waals surface area contributed by atoms with E-state index in [0.717, 1.165) is 75.3 Å². The van der Waals surface area contributed by atoms with Gasteiger partial charge < -0.3 is 39.3 Å². The second-order valence-electron chi connectivity index (χ2n) is 15.6. The highest BCUT2D eigenvalue weighted by Crippen LogP contribution is 2.31. The first-order valence-corrected chi connectivity index (χ1v) is 21.3. The number of carbonyl (C=O) groups is 3. The summed E-state index contributed by atoms with van der Waals surface area (Å²) in [7, 11) is 1.25. The van der Waals surface area contributed by atoms with Crippen LogP contribution in [0.4, 0.5) is 4.79 Å². The van der Waals surface area contributed by atoms with Gasteiger partial charge in [0.15, 0.2) is 5.79 Å². The number of ether oxygens (including phenoxy) is 3. The molecule has 0 unspecified atom stereocenters. The molecule has 14 nitrogen and oxygen atoms in total. The lowest BCUT2D eigenvalue weighted by molar-refractivity contribution is -0.167. The second kappa shape index (κ2) is 20.0. The number of hydrogen-bond donors (Lipinski definition) is 3. The van der Waals surface area contributed by atoms with E-state index in [-0.39, 0.29) is 37.5 Å². The average Bonchev–Trinajstić information content (AvgIpc) is 4.09. The number of aromatic amines is 2. The molecule has 62 heavy (non-hydrogen) atoms. The van der Waals surface area contributed by atoms with Gasteiger partial charge in [-0.15, -0.1) is 0 Å². The summed E-state index contributed by atoms with van der Waals surface area (Å²) >= 11 is 0. The molecule has 3 N–H and O–H groups in total. The Morgan fingerprint density at radius 1 is 0.758 bits per heavy atom. The molecule has 7 rings (SSSR count). The molecule has 1 fully saturated rings. The summed E-state index contributed by atoms with van der Waals surface area (Å²) in [6.45, 7) is 11.6. The van der Waals surface area contributed by atoms with Gasteiger partial charge in [-0.05, 0) is 71.6 Å². The Morgan fingerprint density at radius 2 is 1.32 bits per heavy atom. The van der Waals surface area contributed by atoms with Crippen molar-refractivity contribution in [3.05, 3.63) is 121 Å².